The Bertz CT molecular complexity index is 1580. The number of nitrogens with zero attached hydrogens (tertiary/aromatic N) is 3. The Balaban J connectivity index is 1.29. The lowest BCUT2D eigenvalue weighted by Crippen LogP contribution is -2.20. The summed E-state index contributed by atoms with van der Waals surface area (Å²) in [5.74, 6) is 0.164. The first-order chi connectivity index (χ1) is 19.5. The number of hydrogen-bond donors (Lipinski definition) is 2. The molecule has 2 N–H and O–H groups in total. The van der Waals surface area contributed by atoms with Gasteiger partial charge in [0.1, 0.15) is 12.4 Å². The van der Waals surface area contributed by atoms with Crippen molar-refractivity contribution >= 4 is 78.5 Å². The maximum Gasteiger partial charge on any atom is 0.416 e. The van der Waals surface area contributed by atoms with E-state index in [0.29, 0.717) is 26.6 Å². The second kappa shape index (κ2) is 13.4. The number of thiazole rings is 1. The molecule has 1 amide bonds. The highest BCUT2D eigenvalue weighted by Gasteiger charge is 2.30. The van der Waals surface area contributed by atoms with Crippen molar-refractivity contribution in [3.8, 4) is 5.75 Å². The van der Waals surface area contributed by atoms with Gasteiger partial charge in [-0.1, -0.05) is 6.07 Å². The SMILES string of the molecule is O=C(Cc1csc(Nc2cccc(C(F)(F)F)c2)n1)N/N=C\c1cc(Br)c(OCc2ccc([N+](=O)[O-])cc2)c(I)c1. The summed E-state index contributed by atoms with van der Waals surface area (Å²) >= 11 is 6.73. The average Bonchev–Trinajstić information content (AvgIpc) is 3.34. The number of hydrazone groups is 1. The largest absolute Gasteiger partial charge is 0.487 e. The van der Waals surface area contributed by atoms with Gasteiger partial charge in [0.05, 0.1) is 36.9 Å². The molecule has 0 aliphatic rings. The number of nitrogens with one attached hydrogen (secondary N) is 2. The van der Waals surface area contributed by atoms with E-state index < -0.39 is 22.6 Å². The summed E-state index contributed by atoms with van der Waals surface area (Å²) in [6, 6.07) is 14.4. The zero-order valence-corrected chi connectivity index (χ0v) is 25.2. The maximum absolute atomic E-state index is 12.9. The molecule has 0 bridgehead atoms. The molecule has 0 aliphatic heterocycles. The Morgan fingerprint density at radius 1 is 1.20 bits per heavy atom. The Morgan fingerprint density at radius 3 is 2.63 bits per heavy atom. The molecule has 212 valence electrons. The molecule has 4 rings (SSSR count). The first kappa shape index (κ1) is 30.4. The molecule has 0 radical (unpaired) electrons. The van der Waals surface area contributed by atoms with Gasteiger partial charge in [-0.15, -0.1) is 11.3 Å². The van der Waals surface area contributed by atoms with Crippen molar-refractivity contribution in [2.45, 2.75) is 19.2 Å². The highest BCUT2D eigenvalue weighted by atomic mass is 127. The number of nitro groups is 1. The van der Waals surface area contributed by atoms with Crippen LogP contribution in [-0.2, 0) is 24.0 Å². The van der Waals surface area contributed by atoms with E-state index in [1.807, 2.05) is 0 Å². The lowest BCUT2D eigenvalue weighted by Gasteiger charge is -2.11. The van der Waals surface area contributed by atoms with Crippen LogP contribution in [0.5, 0.6) is 5.75 Å². The van der Waals surface area contributed by atoms with Gasteiger partial charge in [-0.2, -0.15) is 18.3 Å². The highest BCUT2D eigenvalue weighted by molar-refractivity contribution is 14.1. The fraction of sp³-hybridized carbons (Fsp3) is 0.115. The number of rotatable bonds is 10. The van der Waals surface area contributed by atoms with E-state index in [2.05, 4.69) is 59.3 Å². The van der Waals surface area contributed by atoms with Crippen LogP contribution in [0.15, 0.2) is 75.6 Å². The zero-order chi connectivity index (χ0) is 29.6. The molecule has 3 aromatic carbocycles. The third kappa shape index (κ3) is 8.71. The number of carbonyl (C=O) groups is 1. The summed E-state index contributed by atoms with van der Waals surface area (Å²) in [7, 11) is 0. The standard InChI is InChI=1S/C26H18BrF3IN5O4S/c27-21-8-16(9-22(31)24(21)40-13-15-4-6-20(7-5-15)36(38)39)12-32-35-23(37)11-19-14-41-25(34-19)33-18-3-1-2-17(10-18)26(28,29)30/h1-10,12,14H,11,13H2,(H,33,34)(H,35,37)/b32-12-. The van der Waals surface area contributed by atoms with E-state index >= 15 is 0 Å². The molecule has 0 aliphatic carbocycles. The number of non-ortho nitro benzene ring substituents is 1. The highest BCUT2D eigenvalue weighted by Crippen LogP contribution is 2.33. The lowest BCUT2D eigenvalue weighted by molar-refractivity contribution is -0.384. The summed E-state index contributed by atoms with van der Waals surface area (Å²) in [4.78, 5) is 26.9. The van der Waals surface area contributed by atoms with Gasteiger partial charge in [0.25, 0.3) is 5.69 Å². The van der Waals surface area contributed by atoms with E-state index in [1.54, 1.807) is 29.6 Å². The van der Waals surface area contributed by atoms with Gasteiger partial charge in [-0.05, 0) is 92.1 Å². The van der Waals surface area contributed by atoms with Crippen LogP contribution >= 0.6 is 49.9 Å². The number of halogens is 5. The molecule has 0 spiro atoms. The average molecular weight is 760 g/mol. The Hall–Kier alpha value is -3.57. The second-order valence-electron chi connectivity index (χ2n) is 8.34. The fourth-order valence-electron chi connectivity index (χ4n) is 3.39. The number of alkyl halides is 3. The van der Waals surface area contributed by atoms with Crippen molar-refractivity contribution in [3.05, 3.63) is 107 Å². The molecule has 4 aromatic rings. The zero-order valence-electron chi connectivity index (χ0n) is 20.6. The van der Waals surface area contributed by atoms with E-state index in [9.17, 15) is 28.1 Å². The minimum Gasteiger partial charge on any atom is -0.487 e. The summed E-state index contributed by atoms with van der Waals surface area (Å²) in [5, 5.41) is 19.6. The molecule has 41 heavy (non-hydrogen) atoms. The fourth-order valence-corrected chi connectivity index (χ4v) is 5.89. The van der Waals surface area contributed by atoms with Crippen molar-refractivity contribution in [2.24, 2.45) is 5.10 Å². The number of amides is 1. The lowest BCUT2D eigenvalue weighted by atomic mass is 10.2. The number of ether oxygens (including phenoxy) is 1. The van der Waals surface area contributed by atoms with Crippen LogP contribution in [0.2, 0.25) is 0 Å². The number of anilines is 2. The van der Waals surface area contributed by atoms with Gasteiger partial charge in [0.15, 0.2) is 5.13 Å². The van der Waals surface area contributed by atoms with Gasteiger partial charge >= 0.3 is 6.18 Å². The van der Waals surface area contributed by atoms with Crippen molar-refractivity contribution < 1.29 is 27.6 Å². The van der Waals surface area contributed by atoms with E-state index in [0.717, 1.165) is 32.6 Å². The Labute approximate surface area is 257 Å². The van der Waals surface area contributed by atoms with E-state index in [4.69, 9.17) is 4.74 Å². The predicted octanol–water partition coefficient (Wildman–Crippen LogP) is 7.45. The van der Waals surface area contributed by atoms with Crippen molar-refractivity contribution in [2.75, 3.05) is 5.32 Å². The topological polar surface area (TPSA) is 119 Å². The summed E-state index contributed by atoms with van der Waals surface area (Å²) in [6.07, 6.45) is -3.06. The molecule has 1 heterocycles. The number of hydrogen-bond acceptors (Lipinski definition) is 8. The van der Waals surface area contributed by atoms with Crippen LogP contribution in [0.4, 0.5) is 29.7 Å². The summed E-state index contributed by atoms with van der Waals surface area (Å²) in [6.45, 7) is 0.212. The van der Waals surface area contributed by atoms with Crippen molar-refractivity contribution in [1.29, 1.82) is 0 Å². The number of carbonyl (C=O) groups excluding carboxylic acids is 1. The van der Waals surface area contributed by atoms with Gasteiger partial charge in [0, 0.05) is 23.2 Å². The van der Waals surface area contributed by atoms with E-state index in [1.165, 1.54) is 30.5 Å². The predicted molar refractivity (Wildman–Crippen MR) is 161 cm³/mol. The number of benzene rings is 3. The molecule has 0 atom stereocenters. The minimum atomic E-state index is -4.45. The maximum atomic E-state index is 12.9. The van der Waals surface area contributed by atoms with Crippen LogP contribution in [0.1, 0.15) is 22.4 Å². The first-order valence-electron chi connectivity index (χ1n) is 11.5. The normalized spacial score (nSPS) is 11.4. The molecule has 0 saturated carbocycles. The van der Waals surface area contributed by atoms with E-state index in [-0.39, 0.29) is 24.4 Å². The van der Waals surface area contributed by atoms with Gasteiger partial charge in [0.2, 0.25) is 5.91 Å². The van der Waals surface area contributed by atoms with Crippen LogP contribution in [0.3, 0.4) is 0 Å². The van der Waals surface area contributed by atoms with Crippen LogP contribution < -0.4 is 15.5 Å². The van der Waals surface area contributed by atoms with Crippen LogP contribution in [0, 0.1) is 13.7 Å². The van der Waals surface area contributed by atoms with Gasteiger partial charge < -0.3 is 10.1 Å². The number of nitro benzene ring substituents is 1. The second-order valence-corrected chi connectivity index (χ2v) is 11.2. The number of aromatic nitrogens is 1. The molecule has 1 aromatic heterocycles. The Kier molecular flexibility index (Phi) is 9.93. The molecule has 9 nitrogen and oxygen atoms in total. The third-order valence-corrected chi connectivity index (χ3v) is 7.49. The molecule has 0 saturated heterocycles. The quantitative estimate of drug-likeness (QED) is 0.0751. The molecule has 0 unspecified atom stereocenters. The minimum absolute atomic E-state index is 0.00242. The van der Waals surface area contributed by atoms with Crippen LogP contribution in [-0.4, -0.2) is 22.0 Å². The monoisotopic (exact) mass is 759 g/mol. The molecular formula is C26H18BrF3IN5O4S. The summed E-state index contributed by atoms with van der Waals surface area (Å²) < 4.78 is 46.1. The smallest absolute Gasteiger partial charge is 0.416 e. The summed E-state index contributed by atoms with van der Waals surface area (Å²) in [5.41, 5.74) is 3.78. The van der Waals surface area contributed by atoms with Gasteiger partial charge in [-0.25, -0.2) is 10.4 Å². The van der Waals surface area contributed by atoms with Crippen molar-refractivity contribution in [3.63, 3.8) is 0 Å². The molecular weight excluding hydrogens is 742 g/mol. The van der Waals surface area contributed by atoms with Crippen molar-refractivity contribution in [1.82, 2.24) is 10.4 Å². The van der Waals surface area contributed by atoms with Crippen LogP contribution in [0.25, 0.3) is 0 Å². The first-order valence-corrected chi connectivity index (χ1v) is 14.3. The third-order valence-electron chi connectivity index (χ3n) is 5.29. The molecule has 15 heteroatoms. The van der Waals surface area contributed by atoms with Gasteiger partial charge in [-0.3, -0.25) is 14.9 Å². The Morgan fingerprint density at radius 2 is 1.95 bits per heavy atom. The molecule has 0 fully saturated rings.